The Hall–Kier alpha value is -1.14. The Morgan fingerprint density at radius 3 is 2.29 bits per heavy atom. The molecule has 2 aliphatic rings. The molecule has 2 fully saturated rings. The van der Waals surface area contributed by atoms with E-state index in [4.69, 9.17) is 4.74 Å². The third-order valence-corrected chi connectivity index (χ3v) is 2.86. The second-order valence-electron chi connectivity index (χ2n) is 3.58. The third kappa shape index (κ3) is 0.821. The predicted molar refractivity (Wildman–Crippen MR) is 47.2 cm³/mol. The largest absolute Gasteiger partial charge is 0.333 e. The van der Waals surface area contributed by atoms with Gasteiger partial charge < -0.3 is 4.74 Å². The van der Waals surface area contributed by atoms with Gasteiger partial charge in [0.2, 0.25) is 0 Å². The number of carbonyl (C=O) groups is 2. The Bertz CT molecular complexity index is 306. The summed E-state index contributed by atoms with van der Waals surface area (Å²) in [6.07, 6.45) is 0. The van der Waals surface area contributed by atoms with E-state index in [2.05, 4.69) is 0 Å². The topological polar surface area (TPSA) is 53.1 Å². The fraction of sp³-hybridized carbons (Fsp3) is 0.750. The standard InChI is InChI=1S/C8H13N3O3/c1-9-4-5-14-8(9)6(12)10(2)7(13)11(8)3/h4-5H2,1-3H3. The second-order valence-corrected chi connectivity index (χ2v) is 3.58. The first-order valence-corrected chi connectivity index (χ1v) is 4.43. The van der Waals surface area contributed by atoms with Crippen LogP contribution in [0, 0.1) is 0 Å². The average molecular weight is 199 g/mol. The Morgan fingerprint density at radius 1 is 1.29 bits per heavy atom. The molecular weight excluding hydrogens is 186 g/mol. The van der Waals surface area contributed by atoms with Crippen LogP contribution in [-0.4, -0.2) is 66.8 Å². The van der Waals surface area contributed by atoms with Crippen molar-refractivity contribution in [2.45, 2.75) is 5.85 Å². The van der Waals surface area contributed by atoms with E-state index in [9.17, 15) is 9.59 Å². The molecule has 0 saturated carbocycles. The molecular formula is C8H13N3O3. The van der Waals surface area contributed by atoms with Crippen LogP contribution in [0.25, 0.3) is 0 Å². The fourth-order valence-electron chi connectivity index (χ4n) is 1.97. The molecule has 0 radical (unpaired) electrons. The average Bonchev–Trinajstić information content (AvgIpc) is 2.62. The Balaban J connectivity index is 2.44. The van der Waals surface area contributed by atoms with E-state index in [1.54, 1.807) is 19.0 Å². The van der Waals surface area contributed by atoms with Gasteiger partial charge in [0.25, 0.3) is 5.85 Å². The zero-order chi connectivity index (χ0) is 10.5. The lowest BCUT2D eigenvalue weighted by Gasteiger charge is -2.32. The summed E-state index contributed by atoms with van der Waals surface area (Å²) in [6.45, 7) is 1.12. The molecule has 2 saturated heterocycles. The highest BCUT2D eigenvalue weighted by Crippen LogP contribution is 2.32. The minimum Gasteiger partial charge on any atom is -0.333 e. The number of likely N-dealkylation sites (N-methyl/N-ethyl adjacent to an activating group) is 3. The SMILES string of the molecule is CN1C(=O)N(C)C2(OCCN2C)C1=O. The van der Waals surface area contributed by atoms with E-state index in [0.29, 0.717) is 13.2 Å². The molecule has 6 heteroatoms. The van der Waals surface area contributed by atoms with Crippen molar-refractivity contribution < 1.29 is 14.3 Å². The van der Waals surface area contributed by atoms with Gasteiger partial charge in [0.15, 0.2) is 0 Å². The van der Waals surface area contributed by atoms with E-state index in [1.807, 2.05) is 0 Å². The van der Waals surface area contributed by atoms with Crippen molar-refractivity contribution in [3.8, 4) is 0 Å². The van der Waals surface area contributed by atoms with Gasteiger partial charge in [0.1, 0.15) is 0 Å². The smallest absolute Gasteiger partial charge is 0.330 e. The summed E-state index contributed by atoms with van der Waals surface area (Å²) in [6, 6.07) is -0.330. The lowest BCUT2D eigenvalue weighted by molar-refractivity contribution is -0.175. The van der Waals surface area contributed by atoms with Crippen LogP contribution in [0.2, 0.25) is 0 Å². The van der Waals surface area contributed by atoms with Gasteiger partial charge in [-0.05, 0) is 7.05 Å². The lowest BCUT2D eigenvalue weighted by Crippen LogP contribution is -2.57. The second kappa shape index (κ2) is 2.68. The molecule has 0 aromatic rings. The first-order chi connectivity index (χ1) is 6.51. The maximum atomic E-state index is 11.9. The van der Waals surface area contributed by atoms with Crippen molar-refractivity contribution in [3.05, 3.63) is 0 Å². The normalized spacial score (nSPS) is 33.9. The fourth-order valence-corrected chi connectivity index (χ4v) is 1.97. The summed E-state index contributed by atoms with van der Waals surface area (Å²) in [5.41, 5.74) is 0. The van der Waals surface area contributed by atoms with Crippen LogP contribution in [0.4, 0.5) is 4.79 Å². The van der Waals surface area contributed by atoms with Crippen LogP contribution in [0.15, 0.2) is 0 Å². The highest BCUT2D eigenvalue weighted by Gasteiger charge is 2.60. The molecule has 78 valence electrons. The van der Waals surface area contributed by atoms with Crippen LogP contribution in [-0.2, 0) is 9.53 Å². The zero-order valence-electron chi connectivity index (χ0n) is 8.48. The van der Waals surface area contributed by atoms with Gasteiger partial charge >= 0.3 is 11.9 Å². The first-order valence-electron chi connectivity index (χ1n) is 4.43. The quantitative estimate of drug-likeness (QED) is 0.476. The lowest BCUT2D eigenvalue weighted by atomic mass is 10.3. The predicted octanol–water partition coefficient (Wildman–Crippen LogP) is -0.874. The van der Waals surface area contributed by atoms with Gasteiger partial charge in [-0.2, -0.15) is 0 Å². The van der Waals surface area contributed by atoms with E-state index >= 15 is 0 Å². The van der Waals surface area contributed by atoms with E-state index in [-0.39, 0.29) is 11.9 Å². The minimum atomic E-state index is -1.19. The van der Waals surface area contributed by atoms with Gasteiger partial charge in [-0.25, -0.2) is 4.79 Å². The maximum absolute atomic E-state index is 11.9. The van der Waals surface area contributed by atoms with Crippen molar-refractivity contribution in [1.29, 1.82) is 0 Å². The van der Waals surface area contributed by atoms with Crippen molar-refractivity contribution in [3.63, 3.8) is 0 Å². The number of imide groups is 1. The number of rotatable bonds is 0. The van der Waals surface area contributed by atoms with Crippen LogP contribution < -0.4 is 0 Å². The molecule has 0 aliphatic carbocycles. The Kier molecular flexibility index (Phi) is 1.80. The maximum Gasteiger partial charge on any atom is 0.330 e. The first kappa shape index (κ1) is 9.42. The molecule has 2 rings (SSSR count). The van der Waals surface area contributed by atoms with Gasteiger partial charge in [0, 0.05) is 20.6 Å². The summed E-state index contributed by atoms with van der Waals surface area (Å²) >= 11 is 0. The summed E-state index contributed by atoms with van der Waals surface area (Å²) in [7, 11) is 4.81. The number of hydrogen-bond donors (Lipinski definition) is 0. The molecule has 0 N–H and O–H groups in total. The van der Waals surface area contributed by atoms with E-state index < -0.39 is 5.85 Å². The highest BCUT2D eigenvalue weighted by atomic mass is 16.6. The molecule has 3 amide bonds. The van der Waals surface area contributed by atoms with Crippen LogP contribution >= 0.6 is 0 Å². The van der Waals surface area contributed by atoms with Crippen molar-refractivity contribution in [1.82, 2.24) is 14.7 Å². The zero-order valence-corrected chi connectivity index (χ0v) is 8.48. The van der Waals surface area contributed by atoms with Gasteiger partial charge in [-0.1, -0.05) is 0 Å². The van der Waals surface area contributed by atoms with Crippen LogP contribution in [0.3, 0.4) is 0 Å². The molecule has 0 aromatic heterocycles. The van der Waals surface area contributed by atoms with Crippen molar-refractivity contribution >= 4 is 11.9 Å². The number of ether oxygens (including phenoxy) is 1. The van der Waals surface area contributed by atoms with Crippen molar-refractivity contribution in [2.24, 2.45) is 0 Å². The molecule has 2 heterocycles. The summed E-state index contributed by atoms with van der Waals surface area (Å²) in [5, 5.41) is 0. The van der Waals surface area contributed by atoms with E-state index in [0.717, 1.165) is 4.90 Å². The Morgan fingerprint density at radius 2 is 1.93 bits per heavy atom. The molecule has 1 unspecified atom stereocenters. The number of urea groups is 1. The Labute approximate surface area is 82.0 Å². The van der Waals surface area contributed by atoms with Gasteiger partial charge in [-0.3, -0.25) is 19.5 Å². The molecule has 0 bridgehead atoms. The summed E-state index contributed by atoms with van der Waals surface area (Å²) in [4.78, 5) is 27.6. The summed E-state index contributed by atoms with van der Waals surface area (Å²) < 4.78 is 5.42. The molecule has 14 heavy (non-hydrogen) atoms. The number of amides is 3. The van der Waals surface area contributed by atoms with E-state index in [1.165, 1.54) is 11.9 Å². The van der Waals surface area contributed by atoms with Crippen LogP contribution in [0.1, 0.15) is 0 Å². The monoisotopic (exact) mass is 199 g/mol. The van der Waals surface area contributed by atoms with Crippen LogP contribution in [0.5, 0.6) is 0 Å². The molecule has 0 aromatic carbocycles. The molecule has 2 aliphatic heterocycles. The molecule has 1 atom stereocenters. The van der Waals surface area contributed by atoms with Gasteiger partial charge in [0.05, 0.1) is 6.61 Å². The highest BCUT2D eigenvalue weighted by molar-refractivity contribution is 6.05. The number of nitrogens with zero attached hydrogens (tertiary/aromatic N) is 3. The number of carbonyl (C=O) groups excluding carboxylic acids is 2. The van der Waals surface area contributed by atoms with Crippen molar-refractivity contribution in [2.75, 3.05) is 34.3 Å². The molecule has 1 spiro atoms. The van der Waals surface area contributed by atoms with Gasteiger partial charge in [-0.15, -0.1) is 0 Å². The summed E-state index contributed by atoms with van der Waals surface area (Å²) in [5.74, 6) is -1.50. The molecule has 6 nitrogen and oxygen atoms in total. The minimum absolute atomic E-state index is 0.315. The number of hydrogen-bond acceptors (Lipinski definition) is 4. The third-order valence-electron chi connectivity index (χ3n) is 2.86.